The van der Waals surface area contributed by atoms with Gasteiger partial charge in [0.15, 0.2) is 5.69 Å². The summed E-state index contributed by atoms with van der Waals surface area (Å²) >= 11 is 0. The molecule has 5 heteroatoms. The second kappa shape index (κ2) is 8.97. The zero-order valence-electron chi connectivity index (χ0n) is 16.0. The fourth-order valence-corrected chi connectivity index (χ4v) is 3.27. The number of nitrogens with one attached hydrogen (secondary N) is 1. The van der Waals surface area contributed by atoms with Crippen LogP contribution in [0.4, 0.5) is 0 Å². The Kier molecular flexibility index (Phi) is 5.76. The molecule has 3 aromatic carbocycles. The number of carbonyl (C=O) groups is 1. The highest BCUT2D eigenvalue weighted by Gasteiger charge is 2.18. The third-order valence-electron chi connectivity index (χ3n) is 4.75. The van der Waals surface area contributed by atoms with Crippen LogP contribution >= 0.6 is 0 Å². The normalized spacial score (nSPS) is 11.7. The number of amides is 1. The van der Waals surface area contributed by atoms with Crippen molar-refractivity contribution >= 4 is 5.91 Å². The second-order valence-electron chi connectivity index (χ2n) is 6.91. The first-order valence-corrected chi connectivity index (χ1v) is 9.62. The summed E-state index contributed by atoms with van der Waals surface area (Å²) < 4.78 is 1.68. The number of hydrogen-bond donors (Lipinski definition) is 1. The van der Waals surface area contributed by atoms with Crippen molar-refractivity contribution in [2.75, 3.05) is 0 Å². The summed E-state index contributed by atoms with van der Waals surface area (Å²) in [7, 11) is 0. The van der Waals surface area contributed by atoms with Crippen LogP contribution in [-0.2, 0) is 13.0 Å². The predicted molar refractivity (Wildman–Crippen MR) is 112 cm³/mol. The quantitative estimate of drug-likeness (QED) is 0.525. The third-order valence-corrected chi connectivity index (χ3v) is 4.75. The van der Waals surface area contributed by atoms with Gasteiger partial charge in [0.2, 0.25) is 0 Å². The number of hydrogen-bond acceptors (Lipinski definition) is 3. The summed E-state index contributed by atoms with van der Waals surface area (Å²) in [4.78, 5) is 12.9. The van der Waals surface area contributed by atoms with Gasteiger partial charge in [-0.15, -0.1) is 5.10 Å². The van der Waals surface area contributed by atoms with Crippen molar-refractivity contribution < 1.29 is 4.79 Å². The maximum atomic E-state index is 12.9. The van der Waals surface area contributed by atoms with Gasteiger partial charge in [-0.1, -0.05) is 96.2 Å². The Morgan fingerprint density at radius 3 is 2.07 bits per heavy atom. The Labute approximate surface area is 170 Å². The Balaban J connectivity index is 1.49. The second-order valence-corrected chi connectivity index (χ2v) is 6.91. The van der Waals surface area contributed by atoms with Crippen LogP contribution in [0.5, 0.6) is 0 Å². The van der Waals surface area contributed by atoms with Crippen molar-refractivity contribution in [2.24, 2.45) is 0 Å². The van der Waals surface area contributed by atoms with Crippen molar-refractivity contribution in [3.05, 3.63) is 120 Å². The molecule has 1 N–H and O–H groups in total. The number of aromatic nitrogens is 3. The van der Waals surface area contributed by atoms with Crippen LogP contribution in [0.1, 0.15) is 33.2 Å². The monoisotopic (exact) mass is 382 g/mol. The molecular formula is C24H22N4O. The average molecular weight is 382 g/mol. The van der Waals surface area contributed by atoms with Gasteiger partial charge in [-0.25, -0.2) is 4.68 Å². The topological polar surface area (TPSA) is 59.8 Å². The van der Waals surface area contributed by atoms with E-state index in [2.05, 4.69) is 27.8 Å². The summed E-state index contributed by atoms with van der Waals surface area (Å²) in [6.45, 7) is 0.577. The fraction of sp³-hybridized carbons (Fsp3) is 0.125. The summed E-state index contributed by atoms with van der Waals surface area (Å²) in [5.74, 6) is -0.228. The molecule has 0 saturated carbocycles. The molecule has 4 rings (SSSR count). The summed E-state index contributed by atoms with van der Waals surface area (Å²) in [6.07, 6.45) is 2.39. The predicted octanol–water partition coefficient (Wildman–Crippen LogP) is 4.04. The molecule has 1 atom stereocenters. The smallest absolute Gasteiger partial charge is 0.273 e. The lowest BCUT2D eigenvalue weighted by molar-refractivity contribution is 0.0931. The zero-order chi connectivity index (χ0) is 19.9. The standard InChI is InChI=1S/C24H22N4O/c29-24(23-18-28(27-26-23)17-20-12-6-2-7-13-20)25-22(21-14-8-3-9-15-21)16-19-10-4-1-5-11-19/h1-15,18,22H,16-17H2,(H,25,29)/t22-/m1/s1. The maximum Gasteiger partial charge on any atom is 0.273 e. The number of benzene rings is 3. The highest BCUT2D eigenvalue weighted by Crippen LogP contribution is 2.19. The van der Waals surface area contributed by atoms with Crippen LogP contribution in [0, 0.1) is 0 Å². The van der Waals surface area contributed by atoms with Gasteiger partial charge in [0.05, 0.1) is 18.8 Å². The molecule has 4 aromatic rings. The fourth-order valence-electron chi connectivity index (χ4n) is 3.27. The van der Waals surface area contributed by atoms with E-state index in [0.717, 1.165) is 16.7 Å². The van der Waals surface area contributed by atoms with E-state index in [4.69, 9.17) is 0 Å². The molecule has 0 unspecified atom stereocenters. The molecule has 0 saturated heterocycles. The average Bonchev–Trinajstić information content (AvgIpc) is 3.24. The molecule has 5 nitrogen and oxygen atoms in total. The van der Waals surface area contributed by atoms with Gasteiger partial charge < -0.3 is 5.32 Å². The van der Waals surface area contributed by atoms with E-state index >= 15 is 0 Å². The van der Waals surface area contributed by atoms with E-state index < -0.39 is 0 Å². The first kappa shape index (κ1) is 18.6. The van der Waals surface area contributed by atoms with Crippen LogP contribution in [0.15, 0.2) is 97.2 Å². The molecule has 0 fully saturated rings. The molecule has 1 heterocycles. The lowest BCUT2D eigenvalue weighted by atomic mass is 9.99. The van der Waals surface area contributed by atoms with Gasteiger partial charge in [-0.2, -0.15) is 0 Å². The Morgan fingerprint density at radius 2 is 1.41 bits per heavy atom. The lowest BCUT2D eigenvalue weighted by Crippen LogP contribution is -2.30. The number of rotatable bonds is 7. The number of nitrogens with zero attached hydrogens (tertiary/aromatic N) is 3. The van der Waals surface area contributed by atoms with Crippen LogP contribution in [-0.4, -0.2) is 20.9 Å². The largest absolute Gasteiger partial charge is 0.343 e. The number of carbonyl (C=O) groups excluding carboxylic acids is 1. The zero-order valence-corrected chi connectivity index (χ0v) is 16.0. The molecule has 0 aliphatic carbocycles. The van der Waals surface area contributed by atoms with E-state index in [1.54, 1.807) is 10.9 Å². The van der Waals surface area contributed by atoms with Crippen molar-refractivity contribution in [3.63, 3.8) is 0 Å². The molecule has 0 bridgehead atoms. The van der Waals surface area contributed by atoms with Crippen molar-refractivity contribution in [3.8, 4) is 0 Å². The van der Waals surface area contributed by atoms with Gasteiger partial charge in [0.25, 0.3) is 5.91 Å². The van der Waals surface area contributed by atoms with E-state index in [1.807, 2.05) is 78.9 Å². The van der Waals surface area contributed by atoms with Crippen LogP contribution in [0.25, 0.3) is 0 Å². The Bertz CT molecular complexity index is 1050. The van der Waals surface area contributed by atoms with Gasteiger partial charge in [0.1, 0.15) is 0 Å². The summed E-state index contributed by atoms with van der Waals surface area (Å²) in [5.41, 5.74) is 3.64. The first-order valence-electron chi connectivity index (χ1n) is 9.62. The molecule has 0 spiro atoms. The molecular weight excluding hydrogens is 360 g/mol. The van der Waals surface area contributed by atoms with Crippen molar-refractivity contribution in [1.29, 1.82) is 0 Å². The minimum absolute atomic E-state index is 0.148. The molecule has 1 aromatic heterocycles. The van der Waals surface area contributed by atoms with E-state index in [9.17, 15) is 4.79 Å². The summed E-state index contributed by atoms with van der Waals surface area (Å²) in [6, 6.07) is 30.0. The van der Waals surface area contributed by atoms with Gasteiger partial charge in [-0.3, -0.25) is 4.79 Å². The molecule has 0 radical (unpaired) electrons. The minimum atomic E-state index is -0.228. The molecule has 0 aliphatic heterocycles. The lowest BCUT2D eigenvalue weighted by Gasteiger charge is -2.19. The SMILES string of the molecule is O=C(N[C@H](Cc1ccccc1)c1ccccc1)c1cn(Cc2ccccc2)nn1. The van der Waals surface area contributed by atoms with E-state index in [-0.39, 0.29) is 11.9 Å². The third kappa shape index (κ3) is 4.96. The van der Waals surface area contributed by atoms with Crippen molar-refractivity contribution in [2.45, 2.75) is 19.0 Å². The molecule has 144 valence electrons. The Morgan fingerprint density at radius 1 is 0.828 bits per heavy atom. The van der Waals surface area contributed by atoms with Gasteiger partial charge in [0, 0.05) is 0 Å². The molecule has 0 aliphatic rings. The maximum absolute atomic E-state index is 12.9. The van der Waals surface area contributed by atoms with Gasteiger partial charge in [-0.05, 0) is 23.1 Å². The van der Waals surface area contributed by atoms with Crippen LogP contribution in [0.3, 0.4) is 0 Å². The minimum Gasteiger partial charge on any atom is -0.343 e. The van der Waals surface area contributed by atoms with Gasteiger partial charge >= 0.3 is 0 Å². The van der Waals surface area contributed by atoms with E-state index in [1.165, 1.54) is 0 Å². The molecule has 29 heavy (non-hydrogen) atoms. The van der Waals surface area contributed by atoms with Crippen LogP contribution in [0.2, 0.25) is 0 Å². The summed E-state index contributed by atoms with van der Waals surface area (Å²) in [5, 5.41) is 11.3. The first-order chi connectivity index (χ1) is 14.3. The van der Waals surface area contributed by atoms with Crippen molar-refractivity contribution in [1.82, 2.24) is 20.3 Å². The highest BCUT2D eigenvalue weighted by atomic mass is 16.2. The Hall–Kier alpha value is -3.73. The highest BCUT2D eigenvalue weighted by molar-refractivity contribution is 5.92. The van der Waals surface area contributed by atoms with Crippen LogP contribution < -0.4 is 5.32 Å². The molecule has 1 amide bonds. The van der Waals surface area contributed by atoms with E-state index in [0.29, 0.717) is 18.7 Å².